The lowest BCUT2D eigenvalue weighted by molar-refractivity contribution is 0.229. The Morgan fingerprint density at radius 2 is 2.31 bits per heavy atom. The highest BCUT2D eigenvalue weighted by molar-refractivity contribution is 5.17. The van der Waals surface area contributed by atoms with E-state index in [1.807, 2.05) is 6.07 Å². The molecule has 4 heteroatoms. The molecule has 0 aliphatic heterocycles. The molecule has 0 saturated carbocycles. The van der Waals surface area contributed by atoms with Gasteiger partial charge in [-0.1, -0.05) is 6.07 Å². The van der Waals surface area contributed by atoms with Crippen molar-refractivity contribution < 1.29 is 9.84 Å². The van der Waals surface area contributed by atoms with E-state index in [4.69, 9.17) is 15.6 Å². The van der Waals surface area contributed by atoms with Crippen LogP contribution in [-0.2, 0) is 6.54 Å². The maximum absolute atomic E-state index is 8.51. The Balaban J connectivity index is 2.40. The molecule has 1 rings (SSSR count). The van der Waals surface area contributed by atoms with Crippen molar-refractivity contribution in [1.82, 2.24) is 4.98 Å². The molecule has 0 atom stereocenters. The van der Waals surface area contributed by atoms with Crippen molar-refractivity contribution in [3.8, 4) is 5.88 Å². The van der Waals surface area contributed by atoms with Crippen molar-refractivity contribution in [2.75, 3.05) is 13.2 Å². The first-order valence-electron chi connectivity index (χ1n) is 4.25. The van der Waals surface area contributed by atoms with Crippen molar-refractivity contribution in [1.29, 1.82) is 0 Å². The van der Waals surface area contributed by atoms with Gasteiger partial charge < -0.3 is 15.6 Å². The normalized spacial score (nSPS) is 10.0. The summed E-state index contributed by atoms with van der Waals surface area (Å²) in [4.78, 5) is 4.04. The highest BCUT2D eigenvalue weighted by Gasteiger charge is 1.94. The maximum Gasteiger partial charge on any atom is 0.213 e. The quantitative estimate of drug-likeness (QED) is 0.643. The number of hydrogen-bond donors (Lipinski definition) is 2. The summed E-state index contributed by atoms with van der Waals surface area (Å²) in [5, 5.41) is 8.51. The van der Waals surface area contributed by atoms with E-state index in [0.29, 0.717) is 25.5 Å². The molecule has 0 radical (unpaired) electrons. The molecule has 72 valence electrons. The number of pyridine rings is 1. The van der Waals surface area contributed by atoms with E-state index in [2.05, 4.69) is 4.98 Å². The minimum Gasteiger partial charge on any atom is -0.478 e. The lowest BCUT2D eigenvalue weighted by Crippen LogP contribution is -2.02. The minimum atomic E-state index is 0.140. The van der Waals surface area contributed by atoms with Crippen molar-refractivity contribution in [3.63, 3.8) is 0 Å². The molecule has 0 aliphatic rings. The Hall–Kier alpha value is -1.13. The molecule has 1 heterocycles. The lowest BCUT2D eigenvalue weighted by atomic mass is 10.3. The number of aromatic nitrogens is 1. The number of aliphatic hydroxyl groups excluding tert-OH is 1. The van der Waals surface area contributed by atoms with Crippen molar-refractivity contribution in [2.24, 2.45) is 5.73 Å². The van der Waals surface area contributed by atoms with Crippen LogP contribution in [0.2, 0.25) is 0 Å². The number of aliphatic hydroxyl groups is 1. The second kappa shape index (κ2) is 5.50. The summed E-state index contributed by atoms with van der Waals surface area (Å²) in [6, 6.07) is 3.65. The van der Waals surface area contributed by atoms with E-state index >= 15 is 0 Å². The van der Waals surface area contributed by atoms with E-state index in [9.17, 15) is 0 Å². The Labute approximate surface area is 77.4 Å². The zero-order valence-electron chi connectivity index (χ0n) is 7.44. The molecule has 0 fully saturated rings. The van der Waals surface area contributed by atoms with Crippen molar-refractivity contribution in [3.05, 3.63) is 23.9 Å². The summed E-state index contributed by atoms with van der Waals surface area (Å²) in [5.74, 6) is 0.575. The second-order valence-corrected chi connectivity index (χ2v) is 2.63. The van der Waals surface area contributed by atoms with E-state index in [-0.39, 0.29) is 6.61 Å². The standard InChI is InChI=1S/C9H14N2O2/c10-6-8-2-3-9(11-7-8)13-5-1-4-12/h2-3,7,12H,1,4-6,10H2. The number of nitrogens with two attached hydrogens (primary N) is 1. The fourth-order valence-corrected chi connectivity index (χ4v) is 0.858. The zero-order chi connectivity index (χ0) is 9.52. The Morgan fingerprint density at radius 1 is 1.46 bits per heavy atom. The first kappa shape index (κ1) is 9.95. The van der Waals surface area contributed by atoms with Crippen molar-refractivity contribution in [2.45, 2.75) is 13.0 Å². The molecule has 0 bridgehead atoms. The van der Waals surface area contributed by atoms with Crippen LogP contribution in [0, 0.1) is 0 Å². The minimum absolute atomic E-state index is 0.140. The van der Waals surface area contributed by atoms with Gasteiger partial charge >= 0.3 is 0 Å². The summed E-state index contributed by atoms with van der Waals surface area (Å²) in [6.07, 6.45) is 2.31. The van der Waals surface area contributed by atoms with Gasteiger partial charge in [0.25, 0.3) is 0 Å². The molecule has 1 aromatic rings. The smallest absolute Gasteiger partial charge is 0.213 e. The Bertz CT molecular complexity index is 236. The average molecular weight is 182 g/mol. The fourth-order valence-electron chi connectivity index (χ4n) is 0.858. The summed E-state index contributed by atoms with van der Waals surface area (Å²) in [7, 11) is 0. The van der Waals surface area contributed by atoms with Crippen LogP contribution < -0.4 is 10.5 Å². The average Bonchev–Trinajstić information content (AvgIpc) is 2.19. The molecule has 0 aromatic carbocycles. The molecule has 0 saturated heterocycles. The van der Waals surface area contributed by atoms with Crippen LogP contribution in [0.3, 0.4) is 0 Å². The first-order valence-corrected chi connectivity index (χ1v) is 4.25. The molecule has 4 nitrogen and oxygen atoms in total. The predicted molar refractivity (Wildman–Crippen MR) is 49.3 cm³/mol. The first-order chi connectivity index (χ1) is 6.36. The molecule has 1 aromatic heterocycles. The number of hydrogen-bond acceptors (Lipinski definition) is 4. The van der Waals surface area contributed by atoms with Crippen LogP contribution in [0.15, 0.2) is 18.3 Å². The van der Waals surface area contributed by atoms with Gasteiger partial charge in [-0.3, -0.25) is 0 Å². The van der Waals surface area contributed by atoms with Gasteiger partial charge in [0.05, 0.1) is 6.61 Å². The van der Waals surface area contributed by atoms with Gasteiger partial charge in [0.1, 0.15) is 0 Å². The number of rotatable bonds is 5. The van der Waals surface area contributed by atoms with Crippen molar-refractivity contribution >= 4 is 0 Å². The molecule has 13 heavy (non-hydrogen) atoms. The third kappa shape index (κ3) is 3.40. The van der Waals surface area contributed by atoms with Crippen LogP contribution in [0.4, 0.5) is 0 Å². The Morgan fingerprint density at radius 3 is 2.85 bits per heavy atom. The summed E-state index contributed by atoms with van der Waals surface area (Å²) in [5.41, 5.74) is 6.39. The molecule has 0 spiro atoms. The summed E-state index contributed by atoms with van der Waals surface area (Å²) < 4.78 is 5.23. The number of ether oxygens (including phenoxy) is 1. The van der Waals surface area contributed by atoms with Gasteiger partial charge in [-0.25, -0.2) is 4.98 Å². The highest BCUT2D eigenvalue weighted by Crippen LogP contribution is 2.06. The van der Waals surface area contributed by atoms with Crippen LogP contribution in [-0.4, -0.2) is 23.3 Å². The number of nitrogens with zero attached hydrogens (tertiary/aromatic N) is 1. The third-order valence-electron chi connectivity index (χ3n) is 1.59. The molecular formula is C9H14N2O2. The van der Waals surface area contributed by atoms with E-state index in [1.165, 1.54) is 0 Å². The van der Waals surface area contributed by atoms with Gasteiger partial charge in [-0.05, 0) is 5.56 Å². The Kier molecular flexibility index (Phi) is 4.21. The summed E-state index contributed by atoms with van der Waals surface area (Å²) in [6.45, 7) is 1.12. The summed E-state index contributed by atoms with van der Waals surface area (Å²) >= 11 is 0. The lowest BCUT2D eigenvalue weighted by Gasteiger charge is -2.03. The molecule has 0 unspecified atom stereocenters. The fraction of sp³-hybridized carbons (Fsp3) is 0.444. The van der Waals surface area contributed by atoms with E-state index in [1.54, 1.807) is 12.3 Å². The largest absolute Gasteiger partial charge is 0.478 e. The molecule has 3 N–H and O–H groups in total. The topological polar surface area (TPSA) is 68.4 Å². The zero-order valence-corrected chi connectivity index (χ0v) is 7.44. The van der Waals surface area contributed by atoms with Gasteiger partial charge in [-0.15, -0.1) is 0 Å². The predicted octanol–water partition coefficient (Wildman–Crippen LogP) is 0.301. The van der Waals surface area contributed by atoms with Gasteiger partial charge in [-0.2, -0.15) is 0 Å². The second-order valence-electron chi connectivity index (χ2n) is 2.63. The van der Waals surface area contributed by atoms with Gasteiger partial charge in [0.2, 0.25) is 5.88 Å². The van der Waals surface area contributed by atoms with Crippen LogP contribution in [0.5, 0.6) is 5.88 Å². The SMILES string of the molecule is NCc1ccc(OCCCO)nc1. The van der Waals surface area contributed by atoms with E-state index in [0.717, 1.165) is 5.56 Å². The van der Waals surface area contributed by atoms with E-state index < -0.39 is 0 Å². The molecule has 0 amide bonds. The van der Waals surface area contributed by atoms with Gasteiger partial charge in [0, 0.05) is 31.8 Å². The molecular weight excluding hydrogens is 168 g/mol. The van der Waals surface area contributed by atoms with Crippen LogP contribution in [0.1, 0.15) is 12.0 Å². The maximum atomic E-state index is 8.51. The van der Waals surface area contributed by atoms with Crippen LogP contribution >= 0.6 is 0 Å². The third-order valence-corrected chi connectivity index (χ3v) is 1.59. The molecule has 0 aliphatic carbocycles. The van der Waals surface area contributed by atoms with Gasteiger partial charge in [0.15, 0.2) is 0 Å². The van der Waals surface area contributed by atoms with Crippen LogP contribution in [0.25, 0.3) is 0 Å². The monoisotopic (exact) mass is 182 g/mol. The highest BCUT2D eigenvalue weighted by atomic mass is 16.5.